The molecule has 1 aliphatic heterocycles. The smallest absolute Gasteiger partial charge is 0.242 e. The van der Waals surface area contributed by atoms with E-state index < -0.39 is 0 Å². The minimum atomic E-state index is -0.201. The van der Waals surface area contributed by atoms with Crippen molar-refractivity contribution in [2.45, 2.75) is 46.2 Å². The Kier molecular flexibility index (Phi) is 8.28. The molecule has 0 aromatic carbocycles. The molecule has 0 aromatic rings. The Labute approximate surface area is 145 Å². The Morgan fingerprint density at radius 2 is 2.14 bits per heavy atom. The third-order valence-electron chi connectivity index (χ3n) is 3.35. The molecule has 0 unspecified atom stereocenters. The van der Waals surface area contributed by atoms with Crippen molar-refractivity contribution in [2.24, 2.45) is 4.99 Å². The summed E-state index contributed by atoms with van der Waals surface area (Å²) < 4.78 is 0. The molecular formula is C15H29IN4O. The lowest BCUT2D eigenvalue weighted by atomic mass is 9.96. The second-order valence-electron chi connectivity index (χ2n) is 6.01. The summed E-state index contributed by atoms with van der Waals surface area (Å²) in [4.78, 5) is 20.9. The van der Waals surface area contributed by atoms with Crippen molar-refractivity contribution in [1.29, 1.82) is 0 Å². The summed E-state index contributed by atoms with van der Waals surface area (Å²) in [6.45, 7) is 16.6. The molecule has 6 heteroatoms. The van der Waals surface area contributed by atoms with Gasteiger partial charge in [0.15, 0.2) is 5.96 Å². The van der Waals surface area contributed by atoms with Gasteiger partial charge in [-0.2, -0.15) is 0 Å². The normalized spacial score (nSPS) is 18.6. The Morgan fingerprint density at radius 3 is 2.57 bits per heavy atom. The number of nitrogens with one attached hydrogen (secondary N) is 1. The van der Waals surface area contributed by atoms with Crippen molar-refractivity contribution in [1.82, 2.24) is 15.1 Å². The molecule has 0 bridgehead atoms. The van der Waals surface area contributed by atoms with Crippen LogP contribution in [0.1, 0.15) is 34.6 Å². The number of piperazine rings is 1. The van der Waals surface area contributed by atoms with Crippen LogP contribution in [0.25, 0.3) is 0 Å². The Balaban J connectivity index is 0.00000400. The first kappa shape index (κ1) is 20.2. The summed E-state index contributed by atoms with van der Waals surface area (Å²) in [6, 6.07) is 0.215. The van der Waals surface area contributed by atoms with Crippen molar-refractivity contribution in [2.75, 3.05) is 26.2 Å². The van der Waals surface area contributed by atoms with E-state index in [1.165, 1.54) is 0 Å². The van der Waals surface area contributed by atoms with Gasteiger partial charge >= 0.3 is 0 Å². The molecule has 1 amide bonds. The molecule has 1 rings (SSSR count). The standard InChI is InChI=1S/C15H28N4O.HI/c1-7-9-17-14(16-8-2)18-10-13(20)19(12(3)4)15(5,6)11-18;/h7,12H,1,8-11H2,2-6H3,(H,16,17);1H. The van der Waals surface area contributed by atoms with Gasteiger partial charge in [-0.05, 0) is 34.6 Å². The van der Waals surface area contributed by atoms with E-state index in [9.17, 15) is 4.79 Å². The van der Waals surface area contributed by atoms with Gasteiger partial charge in [-0.3, -0.25) is 4.79 Å². The van der Waals surface area contributed by atoms with Gasteiger partial charge in [0.05, 0.1) is 18.6 Å². The van der Waals surface area contributed by atoms with Crippen LogP contribution < -0.4 is 5.32 Å². The van der Waals surface area contributed by atoms with E-state index in [2.05, 4.69) is 44.6 Å². The van der Waals surface area contributed by atoms with E-state index in [4.69, 9.17) is 0 Å². The van der Waals surface area contributed by atoms with Crippen molar-refractivity contribution in [3.63, 3.8) is 0 Å². The molecule has 1 aliphatic rings. The van der Waals surface area contributed by atoms with Crippen LogP contribution in [0.15, 0.2) is 17.6 Å². The number of nitrogens with zero attached hydrogens (tertiary/aromatic N) is 3. The Morgan fingerprint density at radius 1 is 1.52 bits per heavy atom. The number of hydrogen-bond acceptors (Lipinski definition) is 2. The van der Waals surface area contributed by atoms with Crippen LogP contribution >= 0.6 is 24.0 Å². The molecule has 1 saturated heterocycles. The average Bonchev–Trinajstić information content (AvgIpc) is 2.31. The molecule has 5 nitrogen and oxygen atoms in total. The van der Waals surface area contributed by atoms with Gasteiger partial charge < -0.3 is 15.1 Å². The highest BCUT2D eigenvalue weighted by molar-refractivity contribution is 14.0. The molecule has 1 fully saturated rings. The summed E-state index contributed by atoms with van der Waals surface area (Å²) in [5, 5.41) is 3.25. The summed E-state index contributed by atoms with van der Waals surface area (Å²) in [6.07, 6.45) is 1.76. The van der Waals surface area contributed by atoms with Crippen molar-refractivity contribution in [3.8, 4) is 0 Å². The number of rotatable bonds is 4. The maximum atomic E-state index is 12.4. The Hall–Kier alpha value is -0.790. The summed E-state index contributed by atoms with van der Waals surface area (Å²) >= 11 is 0. The number of carbonyl (C=O) groups excluding carboxylic acids is 1. The fourth-order valence-electron chi connectivity index (χ4n) is 2.89. The molecule has 0 spiro atoms. The zero-order valence-corrected chi connectivity index (χ0v) is 16.2. The number of aliphatic imine (C=N–C) groups is 1. The van der Waals surface area contributed by atoms with Gasteiger partial charge in [-0.15, -0.1) is 30.6 Å². The lowest BCUT2D eigenvalue weighted by Gasteiger charge is -2.49. The number of halogens is 1. The van der Waals surface area contributed by atoms with Crippen LogP contribution in [-0.4, -0.2) is 59.4 Å². The number of amides is 1. The van der Waals surface area contributed by atoms with Gasteiger partial charge in [0.1, 0.15) is 0 Å². The van der Waals surface area contributed by atoms with Crippen molar-refractivity contribution in [3.05, 3.63) is 12.7 Å². The second-order valence-corrected chi connectivity index (χ2v) is 6.01. The molecule has 0 aromatic heterocycles. The van der Waals surface area contributed by atoms with Crippen LogP contribution in [0, 0.1) is 0 Å². The fraction of sp³-hybridized carbons (Fsp3) is 0.733. The van der Waals surface area contributed by atoms with E-state index in [0.29, 0.717) is 13.1 Å². The van der Waals surface area contributed by atoms with Gasteiger partial charge in [0.2, 0.25) is 5.91 Å². The highest BCUT2D eigenvalue weighted by atomic mass is 127. The number of hydrogen-bond donors (Lipinski definition) is 1. The minimum absolute atomic E-state index is 0. The lowest BCUT2D eigenvalue weighted by molar-refractivity contribution is -0.145. The topological polar surface area (TPSA) is 47.9 Å². The maximum absolute atomic E-state index is 12.4. The van der Waals surface area contributed by atoms with Crippen LogP contribution in [0.5, 0.6) is 0 Å². The third-order valence-corrected chi connectivity index (χ3v) is 3.35. The maximum Gasteiger partial charge on any atom is 0.242 e. The first-order valence-corrected chi connectivity index (χ1v) is 7.29. The van der Waals surface area contributed by atoms with Crippen LogP contribution in [0.2, 0.25) is 0 Å². The zero-order chi connectivity index (χ0) is 15.3. The molecule has 21 heavy (non-hydrogen) atoms. The van der Waals surface area contributed by atoms with Crippen molar-refractivity contribution >= 4 is 35.8 Å². The predicted octanol–water partition coefficient (Wildman–Crippen LogP) is 2.09. The average molecular weight is 408 g/mol. The van der Waals surface area contributed by atoms with Gasteiger partial charge in [0, 0.05) is 19.1 Å². The number of guanidine groups is 1. The molecule has 0 aliphatic carbocycles. The molecule has 0 radical (unpaired) electrons. The monoisotopic (exact) mass is 408 g/mol. The van der Waals surface area contributed by atoms with E-state index in [-0.39, 0.29) is 41.5 Å². The van der Waals surface area contributed by atoms with Crippen molar-refractivity contribution < 1.29 is 4.79 Å². The van der Waals surface area contributed by atoms with E-state index in [0.717, 1.165) is 19.0 Å². The Bertz CT molecular complexity index is 393. The summed E-state index contributed by atoms with van der Waals surface area (Å²) in [5.74, 6) is 0.942. The summed E-state index contributed by atoms with van der Waals surface area (Å²) in [7, 11) is 0. The molecule has 1 N–H and O–H groups in total. The van der Waals surface area contributed by atoms with Gasteiger partial charge in [-0.1, -0.05) is 6.08 Å². The highest BCUT2D eigenvalue weighted by Crippen LogP contribution is 2.24. The van der Waals surface area contributed by atoms with Crippen LogP contribution in [-0.2, 0) is 4.79 Å². The van der Waals surface area contributed by atoms with E-state index in [1.54, 1.807) is 6.08 Å². The molecular weight excluding hydrogens is 379 g/mol. The van der Waals surface area contributed by atoms with E-state index in [1.807, 2.05) is 16.7 Å². The van der Waals surface area contributed by atoms with E-state index >= 15 is 0 Å². The zero-order valence-electron chi connectivity index (χ0n) is 13.8. The van der Waals surface area contributed by atoms with Gasteiger partial charge in [-0.25, -0.2) is 4.99 Å². The van der Waals surface area contributed by atoms with Crippen LogP contribution in [0.3, 0.4) is 0 Å². The predicted molar refractivity (Wildman–Crippen MR) is 99.2 cm³/mol. The van der Waals surface area contributed by atoms with Crippen LogP contribution in [0.4, 0.5) is 0 Å². The quantitative estimate of drug-likeness (QED) is 0.336. The summed E-state index contributed by atoms with van der Waals surface area (Å²) in [5.41, 5.74) is -0.201. The largest absolute Gasteiger partial charge is 0.356 e. The molecule has 0 atom stereocenters. The number of carbonyl (C=O) groups is 1. The first-order chi connectivity index (χ1) is 9.33. The second kappa shape index (κ2) is 8.60. The minimum Gasteiger partial charge on any atom is -0.356 e. The molecule has 122 valence electrons. The van der Waals surface area contributed by atoms with Gasteiger partial charge in [0.25, 0.3) is 0 Å². The molecule has 1 heterocycles. The first-order valence-electron chi connectivity index (χ1n) is 7.29. The fourth-order valence-corrected chi connectivity index (χ4v) is 2.89. The highest BCUT2D eigenvalue weighted by Gasteiger charge is 2.40. The SMILES string of the molecule is C=CCN=C(NCC)N1CC(=O)N(C(C)C)C(C)(C)C1.I. The third kappa shape index (κ3) is 5.16. The lowest BCUT2D eigenvalue weighted by Crippen LogP contribution is -2.66. The molecule has 0 saturated carbocycles.